The van der Waals surface area contributed by atoms with Gasteiger partial charge in [0.25, 0.3) is 0 Å². The van der Waals surface area contributed by atoms with Gasteiger partial charge in [-0.3, -0.25) is 9.69 Å². The average molecular weight is 279 g/mol. The fourth-order valence-electron chi connectivity index (χ4n) is 4.37. The van der Waals surface area contributed by atoms with Crippen molar-refractivity contribution in [2.75, 3.05) is 19.6 Å². The molecule has 1 aliphatic carbocycles. The van der Waals surface area contributed by atoms with E-state index < -0.39 is 0 Å². The number of rotatable bonds is 2. The minimum absolute atomic E-state index is 0.246. The van der Waals surface area contributed by atoms with Crippen molar-refractivity contribution in [3.05, 3.63) is 0 Å². The summed E-state index contributed by atoms with van der Waals surface area (Å²) in [5.74, 6) is 0.774. The highest BCUT2D eigenvalue weighted by Crippen LogP contribution is 2.29. The number of carbonyl (C=O) groups excluding carboxylic acids is 1. The number of hydrogen-bond acceptors (Lipinski definition) is 3. The molecule has 4 atom stereocenters. The molecule has 2 aliphatic heterocycles. The van der Waals surface area contributed by atoms with E-state index in [1.54, 1.807) is 0 Å². The molecule has 2 N–H and O–H groups in total. The van der Waals surface area contributed by atoms with Crippen LogP contribution >= 0.6 is 0 Å². The third kappa shape index (κ3) is 2.86. The molecule has 2 saturated heterocycles. The summed E-state index contributed by atoms with van der Waals surface area (Å²) in [7, 11) is 0. The van der Waals surface area contributed by atoms with Gasteiger partial charge in [0.05, 0.1) is 0 Å². The van der Waals surface area contributed by atoms with Crippen molar-refractivity contribution in [2.24, 2.45) is 11.7 Å². The lowest BCUT2D eigenvalue weighted by molar-refractivity contribution is -0.138. The summed E-state index contributed by atoms with van der Waals surface area (Å²) < 4.78 is 0. The van der Waals surface area contributed by atoms with Crippen LogP contribution in [0.15, 0.2) is 0 Å². The Morgan fingerprint density at radius 1 is 1.15 bits per heavy atom. The van der Waals surface area contributed by atoms with Crippen molar-refractivity contribution < 1.29 is 4.79 Å². The summed E-state index contributed by atoms with van der Waals surface area (Å²) in [6, 6.07) is 1.24. The maximum absolute atomic E-state index is 12.7. The lowest BCUT2D eigenvalue weighted by Crippen LogP contribution is -2.57. The highest BCUT2D eigenvalue weighted by molar-refractivity contribution is 5.77. The summed E-state index contributed by atoms with van der Waals surface area (Å²) in [4.78, 5) is 17.4. The molecule has 0 radical (unpaired) electrons. The fourth-order valence-corrected chi connectivity index (χ4v) is 4.37. The molecule has 0 bridgehead atoms. The molecule has 3 fully saturated rings. The van der Waals surface area contributed by atoms with Crippen LogP contribution in [-0.2, 0) is 4.79 Å². The van der Waals surface area contributed by atoms with Gasteiger partial charge in [0, 0.05) is 37.6 Å². The van der Waals surface area contributed by atoms with Crippen LogP contribution in [0.25, 0.3) is 0 Å². The first-order valence-corrected chi connectivity index (χ1v) is 8.44. The van der Waals surface area contributed by atoms with Gasteiger partial charge >= 0.3 is 0 Å². The van der Waals surface area contributed by atoms with Gasteiger partial charge in [0.15, 0.2) is 0 Å². The van der Waals surface area contributed by atoms with Crippen LogP contribution in [0.1, 0.15) is 51.9 Å². The van der Waals surface area contributed by atoms with E-state index >= 15 is 0 Å². The summed E-state index contributed by atoms with van der Waals surface area (Å²) in [6.45, 7) is 5.44. The zero-order chi connectivity index (χ0) is 14.1. The van der Waals surface area contributed by atoms with Crippen molar-refractivity contribution in [3.63, 3.8) is 0 Å². The van der Waals surface area contributed by atoms with E-state index in [9.17, 15) is 4.79 Å². The molecule has 0 aromatic carbocycles. The van der Waals surface area contributed by atoms with Gasteiger partial charge in [-0.25, -0.2) is 0 Å². The molecule has 114 valence electrons. The molecule has 3 aliphatic rings. The van der Waals surface area contributed by atoms with Crippen LogP contribution < -0.4 is 5.73 Å². The molecular formula is C16H29N3O. The first kappa shape index (κ1) is 14.3. The zero-order valence-electron chi connectivity index (χ0n) is 12.8. The molecule has 2 heterocycles. The van der Waals surface area contributed by atoms with Gasteiger partial charge in [-0.15, -0.1) is 0 Å². The normalized spacial score (nSPS) is 38.8. The highest BCUT2D eigenvalue weighted by atomic mass is 16.2. The van der Waals surface area contributed by atoms with Gasteiger partial charge in [0.2, 0.25) is 5.91 Å². The predicted octanol–water partition coefficient (Wildman–Crippen LogP) is 1.59. The maximum atomic E-state index is 12.7. The number of piperazine rings is 1. The van der Waals surface area contributed by atoms with E-state index in [0.717, 1.165) is 25.9 Å². The molecule has 1 amide bonds. The van der Waals surface area contributed by atoms with Crippen LogP contribution in [0, 0.1) is 5.92 Å². The van der Waals surface area contributed by atoms with E-state index in [4.69, 9.17) is 5.73 Å². The number of nitrogens with zero attached hydrogens (tertiary/aromatic N) is 2. The van der Waals surface area contributed by atoms with Crippen molar-refractivity contribution in [2.45, 2.75) is 70.0 Å². The van der Waals surface area contributed by atoms with Gasteiger partial charge in [-0.2, -0.15) is 0 Å². The topological polar surface area (TPSA) is 49.6 Å². The number of fused-ring (bicyclic) bond motifs is 1. The highest BCUT2D eigenvalue weighted by Gasteiger charge is 2.37. The van der Waals surface area contributed by atoms with Crippen molar-refractivity contribution in [1.82, 2.24) is 9.80 Å². The Morgan fingerprint density at radius 3 is 2.75 bits per heavy atom. The van der Waals surface area contributed by atoms with Crippen LogP contribution in [-0.4, -0.2) is 53.5 Å². The fraction of sp³-hybridized carbons (Fsp3) is 0.938. The smallest absolute Gasteiger partial charge is 0.223 e. The maximum Gasteiger partial charge on any atom is 0.223 e. The van der Waals surface area contributed by atoms with E-state index in [0.29, 0.717) is 30.3 Å². The SMILES string of the molecule is CC1CN2CCCC2CN1C(=O)CC1CCCCC1N. The lowest BCUT2D eigenvalue weighted by Gasteiger charge is -2.43. The Labute approximate surface area is 122 Å². The van der Waals surface area contributed by atoms with Gasteiger partial charge in [0.1, 0.15) is 0 Å². The Morgan fingerprint density at radius 2 is 1.95 bits per heavy atom. The third-order valence-electron chi connectivity index (χ3n) is 5.66. The van der Waals surface area contributed by atoms with Crippen LogP contribution in [0.5, 0.6) is 0 Å². The van der Waals surface area contributed by atoms with E-state index in [-0.39, 0.29) is 6.04 Å². The molecule has 1 saturated carbocycles. The Balaban J connectivity index is 1.58. The van der Waals surface area contributed by atoms with Crippen LogP contribution in [0.2, 0.25) is 0 Å². The minimum atomic E-state index is 0.246. The minimum Gasteiger partial charge on any atom is -0.337 e. The average Bonchev–Trinajstić information content (AvgIpc) is 2.87. The first-order chi connectivity index (χ1) is 9.65. The summed E-state index contributed by atoms with van der Waals surface area (Å²) >= 11 is 0. The van der Waals surface area contributed by atoms with Crippen LogP contribution in [0.4, 0.5) is 0 Å². The Hall–Kier alpha value is -0.610. The second-order valence-electron chi connectivity index (χ2n) is 7.10. The molecule has 0 aromatic rings. The number of carbonyl (C=O) groups is 1. The van der Waals surface area contributed by atoms with E-state index in [1.807, 2.05) is 0 Å². The second kappa shape index (κ2) is 6.02. The number of hydrogen-bond donors (Lipinski definition) is 1. The summed E-state index contributed by atoms with van der Waals surface area (Å²) in [5, 5.41) is 0. The molecule has 3 rings (SSSR count). The van der Waals surface area contributed by atoms with E-state index in [2.05, 4.69) is 16.7 Å². The predicted molar refractivity (Wildman–Crippen MR) is 80.3 cm³/mol. The zero-order valence-corrected chi connectivity index (χ0v) is 12.8. The Bertz CT molecular complexity index is 360. The quantitative estimate of drug-likeness (QED) is 0.835. The number of amides is 1. The summed E-state index contributed by atoms with van der Waals surface area (Å²) in [6.07, 6.45) is 7.97. The molecule has 4 nitrogen and oxygen atoms in total. The molecule has 4 heteroatoms. The molecule has 0 aromatic heterocycles. The largest absolute Gasteiger partial charge is 0.337 e. The van der Waals surface area contributed by atoms with Crippen molar-refractivity contribution >= 4 is 5.91 Å². The lowest BCUT2D eigenvalue weighted by atomic mass is 9.82. The molecule has 20 heavy (non-hydrogen) atoms. The van der Waals surface area contributed by atoms with Gasteiger partial charge < -0.3 is 10.6 Å². The second-order valence-corrected chi connectivity index (χ2v) is 7.10. The molecular weight excluding hydrogens is 250 g/mol. The molecule has 0 spiro atoms. The van der Waals surface area contributed by atoms with Crippen LogP contribution in [0.3, 0.4) is 0 Å². The van der Waals surface area contributed by atoms with Gasteiger partial charge in [-0.05, 0) is 45.1 Å². The number of nitrogens with two attached hydrogens (primary N) is 1. The Kier molecular flexibility index (Phi) is 4.32. The monoisotopic (exact) mass is 279 g/mol. The van der Waals surface area contributed by atoms with Crippen molar-refractivity contribution in [1.29, 1.82) is 0 Å². The summed E-state index contributed by atoms with van der Waals surface area (Å²) in [5.41, 5.74) is 6.20. The third-order valence-corrected chi connectivity index (χ3v) is 5.66. The van der Waals surface area contributed by atoms with Gasteiger partial charge in [-0.1, -0.05) is 12.8 Å². The first-order valence-electron chi connectivity index (χ1n) is 8.44. The van der Waals surface area contributed by atoms with Crippen molar-refractivity contribution in [3.8, 4) is 0 Å². The molecule has 4 unspecified atom stereocenters. The standard InChI is InChI=1S/C16H29N3O/c1-12-10-18-8-4-6-14(18)11-19(12)16(20)9-13-5-2-3-7-15(13)17/h12-15H,2-11,17H2,1H3. The van der Waals surface area contributed by atoms with E-state index in [1.165, 1.54) is 32.2 Å².